The summed E-state index contributed by atoms with van der Waals surface area (Å²) in [6.07, 6.45) is -0.535. The molecule has 7 heteroatoms. The maximum atomic E-state index is 11.5. The Morgan fingerprint density at radius 2 is 1.96 bits per heavy atom. The number of carbonyl (C=O) groups is 2. The molecule has 0 saturated heterocycles. The van der Waals surface area contributed by atoms with Crippen molar-refractivity contribution in [1.82, 2.24) is 10.6 Å². The number of aliphatic carboxylic acids is 1. The minimum atomic E-state index is -1.00. The van der Waals surface area contributed by atoms with E-state index in [1.807, 2.05) is 0 Å². The summed E-state index contributed by atoms with van der Waals surface area (Å²) in [6.45, 7) is 5.85. The van der Waals surface area contributed by atoms with Crippen LogP contribution in [0.25, 0.3) is 0 Å². The highest BCUT2D eigenvalue weighted by molar-refractivity contribution is 5.75. The van der Waals surface area contributed by atoms with Gasteiger partial charge in [0.25, 0.3) is 0 Å². The number of carbonyl (C=O) groups excluding carboxylic acids is 1. The molecule has 0 radical (unpaired) electrons. The number of alkyl carbamates (subject to hydrolysis) is 1. The van der Waals surface area contributed by atoms with Crippen LogP contribution < -0.4 is 15.4 Å². The third-order valence-corrected chi connectivity index (χ3v) is 2.82. The van der Waals surface area contributed by atoms with E-state index in [1.54, 1.807) is 45.0 Å². The first-order valence-electron chi connectivity index (χ1n) is 7.30. The van der Waals surface area contributed by atoms with E-state index in [0.717, 1.165) is 0 Å². The molecule has 128 valence electrons. The minimum Gasteiger partial charge on any atom is -0.497 e. The van der Waals surface area contributed by atoms with Crippen molar-refractivity contribution in [3.8, 4) is 5.75 Å². The standard InChI is InChI=1S/C16H24N2O5/c1-16(2,3)23-15(21)18-9-8-17-13(14(19)20)11-6-5-7-12(10-11)22-4/h5-7,10,13,17H,8-9H2,1-4H3,(H,18,21)(H,19,20). The lowest BCUT2D eigenvalue weighted by molar-refractivity contribution is -0.139. The Bertz CT molecular complexity index is 540. The molecule has 1 aromatic rings. The number of benzene rings is 1. The van der Waals surface area contributed by atoms with E-state index in [-0.39, 0.29) is 13.1 Å². The third-order valence-electron chi connectivity index (χ3n) is 2.82. The zero-order valence-electron chi connectivity index (χ0n) is 13.9. The van der Waals surface area contributed by atoms with Gasteiger partial charge in [0.05, 0.1) is 7.11 Å². The second-order valence-corrected chi connectivity index (χ2v) is 5.93. The van der Waals surface area contributed by atoms with Crippen molar-refractivity contribution in [2.45, 2.75) is 32.4 Å². The summed E-state index contributed by atoms with van der Waals surface area (Å²) < 4.78 is 10.2. The topological polar surface area (TPSA) is 96.9 Å². The zero-order valence-corrected chi connectivity index (χ0v) is 13.9. The first-order chi connectivity index (χ1) is 10.7. The molecular formula is C16H24N2O5. The Labute approximate surface area is 136 Å². The van der Waals surface area contributed by atoms with E-state index in [1.165, 1.54) is 7.11 Å². The Balaban J connectivity index is 2.51. The number of carboxylic acids is 1. The number of hydrogen-bond donors (Lipinski definition) is 3. The fourth-order valence-corrected chi connectivity index (χ4v) is 1.86. The summed E-state index contributed by atoms with van der Waals surface area (Å²) in [5.74, 6) is -0.419. The summed E-state index contributed by atoms with van der Waals surface area (Å²) in [6, 6.07) is 5.95. The predicted molar refractivity (Wildman–Crippen MR) is 85.6 cm³/mol. The lowest BCUT2D eigenvalue weighted by atomic mass is 10.1. The molecule has 0 saturated carbocycles. The van der Waals surface area contributed by atoms with E-state index in [4.69, 9.17) is 9.47 Å². The number of rotatable bonds is 7. The average molecular weight is 324 g/mol. The molecule has 0 aliphatic carbocycles. The Hall–Kier alpha value is -2.28. The molecular weight excluding hydrogens is 300 g/mol. The van der Waals surface area contributed by atoms with Gasteiger partial charge in [0, 0.05) is 13.1 Å². The van der Waals surface area contributed by atoms with Gasteiger partial charge < -0.3 is 19.9 Å². The highest BCUT2D eigenvalue weighted by atomic mass is 16.6. The van der Waals surface area contributed by atoms with Gasteiger partial charge in [0.1, 0.15) is 17.4 Å². The first kappa shape index (κ1) is 18.8. The van der Waals surface area contributed by atoms with Gasteiger partial charge in [-0.3, -0.25) is 10.1 Å². The van der Waals surface area contributed by atoms with E-state index >= 15 is 0 Å². The normalized spacial score (nSPS) is 12.3. The average Bonchev–Trinajstić information content (AvgIpc) is 2.45. The number of methoxy groups -OCH3 is 1. The molecule has 1 aromatic carbocycles. The molecule has 0 bridgehead atoms. The van der Waals surface area contributed by atoms with Gasteiger partial charge in [-0.25, -0.2) is 4.79 Å². The number of ether oxygens (including phenoxy) is 2. The van der Waals surface area contributed by atoms with Gasteiger partial charge in [-0.15, -0.1) is 0 Å². The van der Waals surface area contributed by atoms with Crippen molar-refractivity contribution in [3.63, 3.8) is 0 Å². The quantitative estimate of drug-likeness (QED) is 0.663. The summed E-state index contributed by atoms with van der Waals surface area (Å²) in [4.78, 5) is 22.9. The molecule has 1 unspecified atom stereocenters. The largest absolute Gasteiger partial charge is 0.497 e. The highest BCUT2D eigenvalue weighted by Gasteiger charge is 2.20. The maximum Gasteiger partial charge on any atom is 0.407 e. The predicted octanol–water partition coefficient (Wildman–Crippen LogP) is 1.94. The molecule has 23 heavy (non-hydrogen) atoms. The molecule has 1 amide bonds. The second-order valence-electron chi connectivity index (χ2n) is 5.93. The van der Waals surface area contributed by atoms with Crippen LogP contribution in [0.15, 0.2) is 24.3 Å². The molecule has 3 N–H and O–H groups in total. The van der Waals surface area contributed by atoms with E-state index in [0.29, 0.717) is 11.3 Å². The van der Waals surface area contributed by atoms with Gasteiger partial charge in [0.2, 0.25) is 0 Å². The second kappa shape index (κ2) is 8.38. The van der Waals surface area contributed by atoms with E-state index in [2.05, 4.69) is 10.6 Å². The molecule has 0 aliphatic rings. The minimum absolute atomic E-state index is 0.253. The summed E-state index contributed by atoms with van der Waals surface area (Å²) >= 11 is 0. The van der Waals surface area contributed by atoms with Crippen molar-refractivity contribution in [3.05, 3.63) is 29.8 Å². The molecule has 1 rings (SSSR count). The Morgan fingerprint density at radius 3 is 2.52 bits per heavy atom. The summed E-state index contributed by atoms with van der Waals surface area (Å²) in [7, 11) is 1.52. The number of carboxylic acid groups (broad SMARTS) is 1. The van der Waals surface area contributed by atoms with Crippen LogP contribution >= 0.6 is 0 Å². The number of nitrogens with one attached hydrogen (secondary N) is 2. The molecule has 0 spiro atoms. The van der Waals surface area contributed by atoms with Crippen molar-refractivity contribution in [2.24, 2.45) is 0 Å². The van der Waals surface area contributed by atoms with Crippen LogP contribution in [0.1, 0.15) is 32.4 Å². The fraction of sp³-hybridized carbons (Fsp3) is 0.500. The van der Waals surface area contributed by atoms with Crippen LogP contribution in [0.5, 0.6) is 5.75 Å². The smallest absolute Gasteiger partial charge is 0.407 e. The molecule has 0 aromatic heterocycles. The molecule has 0 fully saturated rings. The Kier molecular flexibility index (Phi) is 6.84. The SMILES string of the molecule is COc1cccc(C(NCCNC(=O)OC(C)(C)C)C(=O)O)c1. The molecule has 0 heterocycles. The number of hydrogen-bond acceptors (Lipinski definition) is 5. The van der Waals surface area contributed by atoms with Crippen LogP contribution in [0.4, 0.5) is 4.79 Å². The van der Waals surface area contributed by atoms with Gasteiger partial charge in [-0.1, -0.05) is 12.1 Å². The van der Waals surface area contributed by atoms with Crippen LogP contribution in [0, 0.1) is 0 Å². The summed E-state index contributed by atoms with van der Waals surface area (Å²) in [5.41, 5.74) is 0.0101. The van der Waals surface area contributed by atoms with Crippen LogP contribution in [-0.4, -0.2) is 43.0 Å². The van der Waals surface area contributed by atoms with Crippen LogP contribution in [-0.2, 0) is 9.53 Å². The van der Waals surface area contributed by atoms with Crippen molar-refractivity contribution in [2.75, 3.05) is 20.2 Å². The maximum absolute atomic E-state index is 11.5. The van der Waals surface area contributed by atoms with Crippen molar-refractivity contribution >= 4 is 12.1 Å². The van der Waals surface area contributed by atoms with Gasteiger partial charge in [-0.05, 0) is 38.5 Å². The van der Waals surface area contributed by atoms with E-state index in [9.17, 15) is 14.7 Å². The zero-order chi connectivity index (χ0) is 17.5. The molecule has 7 nitrogen and oxygen atoms in total. The Morgan fingerprint density at radius 1 is 1.26 bits per heavy atom. The summed E-state index contributed by atoms with van der Waals surface area (Å²) in [5, 5.41) is 14.8. The monoisotopic (exact) mass is 324 g/mol. The lowest BCUT2D eigenvalue weighted by Gasteiger charge is -2.20. The number of amides is 1. The van der Waals surface area contributed by atoms with Gasteiger partial charge >= 0.3 is 12.1 Å². The van der Waals surface area contributed by atoms with Crippen LogP contribution in [0.2, 0.25) is 0 Å². The molecule has 0 aliphatic heterocycles. The third kappa shape index (κ3) is 7.01. The lowest BCUT2D eigenvalue weighted by Crippen LogP contribution is -2.38. The first-order valence-corrected chi connectivity index (χ1v) is 7.30. The van der Waals surface area contributed by atoms with Crippen LogP contribution in [0.3, 0.4) is 0 Å². The van der Waals surface area contributed by atoms with Gasteiger partial charge in [-0.2, -0.15) is 0 Å². The highest BCUT2D eigenvalue weighted by Crippen LogP contribution is 2.19. The van der Waals surface area contributed by atoms with Crippen molar-refractivity contribution < 1.29 is 24.2 Å². The van der Waals surface area contributed by atoms with E-state index < -0.39 is 23.7 Å². The molecule has 1 atom stereocenters. The van der Waals surface area contributed by atoms with Crippen molar-refractivity contribution in [1.29, 1.82) is 0 Å². The van der Waals surface area contributed by atoms with Gasteiger partial charge in [0.15, 0.2) is 0 Å². The fourth-order valence-electron chi connectivity index (χ4n) is 1.86.